The molecule has 120 valence electrons. The molecule has 1 saturated heterocycles. The molecule has 0 unspecified atom stereocenters. The van der Waals surface area contributed by atoms with E-state index in [2.05, 4.69) is 0 Å². The Morgan fingerprint density at radius 1 is 1.17 bits per heavy atom. The van der Waals surface area contributed by atoms with E-state index in [1.165, 1.54) is 23.9 Å². The van der Waals surface area contributed by atoms with E-state index in [-0.39, 0.29) is 17.1 Å². The number of methoxy groups -OCH3 is 2. The molecule has 0 aliphatic carbocycles. The molecule has 1 atom stereocenters. The summed E-state index contributed by atoms with van der Waals surface area (Å²) in [4.78, 5) is 14.0. The molecule has 2 aromatic carbocycles. The van der Waals surface area contributed by atoms with Crippen LogP contribution in [0.5, 0.6) is 11.5 Å². The fourth-order valence-corrected chi connectivity index (χ4v) is 3.73. The molecule has 1 heterocycles. The van der Waals surface area contributed by atoms with Crippen molar-refractivity contribution in [3.05, 3.63) is 53.8 Å². The Labute approximate surface area is 138 Å². The van der Waals surface area contributed by atoms with Gasteiger partial charge in [-0.3, -0.25) is 9.69 Å². The van der Waals surface area contributed by atoms with E-state index in [0.717, 1.165) is 5.56 Å². The van der Waals surface area contributed by atoms with E-state index in [1.807, 2.05) is 6.07 Å². The van der Waals surface area contributed by atoms with Crippen LogP contribution in [0.2, 0.25) is 0 Å². The second-order valence-electron chi connectivity index (χ2n) is 5.02. The maximum absolute atomic E-state index is 13.5. The third-order valence-corrected chi connectivity index (χ3v) is 4.86. The molecule has 4 nitrogen and oxygen atoms in total. The smallest absolute Gasteiger partial charge is 0.238 e. The maximum Gasteiger partial charge on any atom is 0.238 e. The van der Waals surface area contributed by atoms with E-state index >= 15 is 0 Å². The first-order valence-corrected chi connectivity index (χ1v) is 8.10. The highest BCUT2D eigenvalue weighted by Gasteiger charge is 2.35. The summed E-state index contributed by atoms with van der Waals surface area (Å²) in [5.41, 5.74) is 1.40. The number of thioether (sulfide) groups is 1. The number of nitrogens with zero attached hydrogens (tertiary/aromatic N) is 1. The van der Waals surface area contributed by atoms with Gasteiger partial charge in [0.15, 0.2) is 0 Å². The molecule has 1 amide bonds. The van der Waals surface area contributed by atoms with Crippen molar-refractivity contribution in [2.75, 3.05) is 24.9 Å². The zero-order valence-electron chi connectivity index (χ0n) is 12.8. The van der Waals surface area contributed by atoms with Gasteiger partial charge in [-0.2, -0.15) is 0 Å². The molecule has 0 radical (unpaired) electrons. The highest BCUT2D eigenvalue weighted by Crippen LogP contribution is 2.45. The maximum atomic E-state index is 13.5. The van der Waals surface area contributed by atoms with Gasteiger partial charge in [0.05, 0.1) is 25.7 Å². The van der Waals surface area contributed by atoms with Crippen LogP contribution < -0.4 is 14.4 Å². The average Bonchev–Trinajstić information content (AvgIpc) is 2.95. The van der Waals surface area contributed by atoms with Gasteiger partial charge in [-0.25, -0.2) is 4.39 Å². The number of carbonyl (C=O) groups is 1. The fraction of sp³-hybridized carbons (Fsp3) is 0.235. The molecule has 0 aromatic heterocycles. The number of hydrogen-bond donors (Lipinski definition) is 0. The molecule has 1 aliphatic rings. The Kier molecular flexibility index (Phi) is 4.43. The highest BCUT2D eigenvalue weighted by molar-refractivity contribution is 8.00. The molecular weight excluding hydrogens is 317 g/mol. The lowest BCUT2D eigenvalue weighted by Crippen LogP contribution is -2.28. The molecule has 3 rings (SSSR count). The first kappa shape index (κ1) is 15.7. The van der Waals surface area contributed by atoms with Gasteiger partial charge in [-0.1, -0.05) is 12.1 Å². The molecule has 0 N–H and O–H groups in total. The van der Waals surface area contributed by atoms with Crippen LogP contribution in [-0.4, -0.2) is 25.9 Å². The van der Waals surface area contributed by atoms with Crippen LogP contribution in [-0.2, 0) is 4.79 Å². The standard InChI is InChI=1S/C17H16FNO3S/c1-21-13-6-7-14(15(9-13)22-2)19-16(20)10-23-17(19)11-4-3-5-12(18)8-11/h3-9,17H,10H2,1-2H3/t17-/m1/s1. The molecule has 0 saturated carbocycles. The van der Waals surface area contributed by atoms with Gasteiger partial charge in [0.25, 0.3) is 0 Å². The van der Waals surface area contributed by atoms with Gasteiger partial charge in [-0.15, -0.1) is 11.8 Å². The van der Waals surface area contributed by atoms with Crippen molar-refractivity contribution in [3.8, 4) is 11.5 Å². The number of anilines is 1. The second-order valence-corrected chi connectivity index (χ2v) is 6.09. The van der Waals surface area contributed by atoms with Crippen LogP contribution in [0.4, 0.5) is 10.1 Å². The number of benzene rings is 2. The van der Waals surface area contributed by atoms with Gasteiger partial charge in [0.1, 0.15) is 22.7 Å². The molecule has 23 heavy (non-hydrogen) atoms. The van der Waals surface area contributed by atoms with Crippen molar-refractivity contribution in [1.29, 1.82) is 0 Å². The number of hydrogen-bond acceptors (Lipinski definition) is 4. The molecular formula is C17H16FNO3S. The molecule has 0 spiro atoms. The molecule has 0 bridgehead atoms. The van der Waals surface area contributed by atoms with Crippen molar-refractivity contribution in [3.63, 3.8) is 0 Å². The molecule has 1 aliphatic heterocycles. The van der Waals surface area contributed by atoms with Gasteiger partial charge in [0.2, 0.25) is 5.91 Å². The summed E-state index contributed by atoms with van der Waals surface area (Å²) in [5, 5.41) is -0.277. The van der Waals surface area contributed by atoms with Crippen LogP contribution in [0.1, 0.15) is 10.9 Å². The van der Waals surface area contributed by atoms with Crippen LogP contribution >= 0.6 is 11.8 Å². The summed E-state index contributed by atoms with van der Waals surface area (Å²) in [6.07, 6.45) is 0. The Balaban J connectivity index is 2.04. The zero-order chi connectivity index (χ0) is 16.4. The lowest BCUT2D eigenvalue weighted by atomic mass is 10.1. The van der Waals surface area contributed by atoms with Gasteiger partial charge < -0.3 is 9.47 Å². The third kappa shape index (κ3) is 2.99. The van der Waals surface area contributed by atoms with Crippen molar-refractivity contribution in [1.82, 2.24) is 0 Å². The fourth-order valence-electron chi connectivity index (χ4n) is 2.58. The van der Waals surface area contributed by atoms with Crippen molar-refractivity contribution in [2.45, 2.75) is 5.37 Å². The zero-order valence-corrected chi connectivity index (χ0v) is 13.6. The first-order chi connectivity index (χ1) is 11.1. The predicted molar refractivity (Wildman–Crippen MR) is 88.6 cm³/mol. The van der Waals surface area contributed by atoms with Crippen LogP contribution in [0.25, 0.3) is 0 Å². The summed E-state index contributed by atoms with van der Waals surface area (Å²) in [5.74, 6) is 1.18. The van der Waals surface area contributed by atoms with Crippen molar-refractivity contribution >= 4 is 23.4 Å². The van der Waals surface area contributed by atoms with E-state index in [0.29, 0.717) is 22.9 Å². The first-order valence-electron chi connectivity index (χ1n) is 7.05. The quantitative estimate of drug-likeness (QED) is 0.857. The highest BCUT2D eigenvalue weighted by atomic mass is 32.2. The molecule has 1 fully saturated rings. The van der Waals surface area contributed by atoms with E-state index in [9.17, 15) is 9.18 Å². The minimum absolute atomic E-state index is 0.0345. The Morgan fingerprint density at radius 3 is 2.70 bits per heavy atom. The average molecular weight is 333 g/mol. The minimum Gasteiger partial charge on any atom is -0.497 e. The lowest BCUT2D eigenvalue weighted by molar-refractivity contribution is -0.115. The summed E-state index contributed by atoms with van der Waals surface area (Å²) in [6.45, 7) is 0. The van der Waals surface area contributed by atoms with E-state index in [1.54, 1.807) is 43.4 Å². The number of carbonyl (C=O) groups excluding carboxylic acids is 1. The second kappa shape index (κ2) is 6.50. The van der Waals surface area contributed by atoms with Gasteiger partial charge in [-0.05, 0) is 29.8 Å². The number of halogens is 1. The van der Waals surface area contributed by atoms with Gasteiger partial charge in [0, 0.05) is 6.07 Å². The number of rotatable bonds is 4. The van der Waals surface area contributed by atoms with Crippen LogP contribution in [0, 0.1) is 5.82 Å². The monoisotopic (exact) mass is 333 g/mol. The normalized spacial score (nSPS) is 17.4. The SMILES string of the molecule is COc1ccc(N2C(=O)CS[C@@H]2c2cccc(F)c2)c(OC)c1. The summed E-state index contributed by atoms with van der Waals surface area (Å²) in [7, 11) is 3.12. The largest absolute Gasteiger partial charge is 0.497 e. The van der Waals surface area contributed by atoms with Gasteiger partial charge >= 0.3 is 0 Å². The lowest BCUT2D eigenvalue weighted by Gasteiger charge is -2.26. The van der Waals surface area contributed by atoms with Crippen molar-refractivity contribution < 1.29 is 18.7 Å². The molecule has 6 heteroatoms. The summed E-state index contributed by atoms with van der Waals surface area (Å²) in [6, 6.07) is 11.6. The number of amides is 1. The predicted octanol–water partition coefficient (Wildman–Crippen LogP) is 3.62. The number of ether oxygens (including phenoxy) is 2. The Bertz CT molecular complexity index is 738. The topological polar surface area (TPSA) is 38.8 Å². The van der Waals surface area contributed by atoms with Crippen LogP contribution in [0.3, 0.4) is 0 Å². The van der Waals surface area contributed by atoms with E-state index in [4.69, 9.17) is 9.47 Å². The Morgan fingerprint density at radius 2 is 2.00 bits per heavy atom. The molecule has 2 aromatic rings. The van der Waals surface area contributed by atoms with Crippen LogP contribution in [0.15, 0.2) is 42.5 Å². The van der Waals surface area contributed by atoms with Crippen molar-refractivity contribution in [2.24, 2.45) is 0 Å². The summed E-state index contributed by atoms with van der Waals surface area (Å²) < 4.78 is 24.1. The van der Waals surface area contributed by atoms with E-state index < -0.39 is 0 Å². The third-order valence-electron chi connectivity index (χ3n) is 3.65. The summed E-state index contributed by atoms with van der Waals surface area (Å²) >= 11 is 1.47. The minimum atomic E-state index is -0.316. The Hall–Kier alpha value is -2.21.